The van der Waals surface area contributed by atoms with Gasteiger partial charge in [0.2, 0.25) is 0 Å². The molecule has 1 fully saturated rings. The highest BCUT2D eigenvalue weighted by molar-refractivity contribution is 6.52. The molecule has 5 rings (SSSR count). The van der Waals surface area contributed by atoms with Crippen LogP contribution in [0.5, 0.6) is 0 Å². The number of halogens is 3. The number of alkyl halides is 3. The number of non-ortho nitro benzene ring substituents is 1. The Hall–Kier alpha value is -5.31. The number of fused-ring (bicyclic) bond motifs is 1. The van der Waals surface area contributed by atoms with E-state index in [1.54, 1.807) is 12.1 Å². The minimum absolute atomic E-state index is 0.0809. The molecule has 0 spiro atoms. The van der Waals surface area contributed by atoms with Crippen molar-refractivity contribution in [3.63, 3.8) is 0 Å². The van der Waals surface area contributed by atoms with Crippen LogP contribution in [0.25, 0.3) is 0 Å². The predicted octanol–water partition coefficient (Wildman–Crippen LogP) is 4.08. The zero-order chi connectivity index (χ0) is 30.7. The molecule has 43 heavy (non-hydrogen) atoms. The summed E-state index contributed by atoms with van der Waals surface area (Å²) in [5.41, 5.74) is 3.20. The molecule has 222 valence electrons. The second-order valence-corrected chi connectivity index (χ2v) is 9.76. The van der Waals surface area contributed by atoms with Crippen LogP contribution >= 0.6 is 0 Å². The summed E-state index contributed by atoms with van der Waals surface area (Å²) in [5, 5.41) is 17.0. The maximum atomic E-state index is 13.1. The van der Waals surface area contributed by atoms with Gasteiger partial charge in [-0.1, -0.05) is 6.07 Å². The van der Waals surface area contributed by atoms with Gasteiger partial charge in [0.05, 0.1) is 34.6 Å². The Labute approximate surface area is 242 Å². The summed E-state index contributed by atoms with van der Waals surface area (Å²) in [7, 11) is 0. The second-order valence-electron chi connectivity index (χ2n) is 9.76. The van der Waals surface area contributed by atoms with Gasteiger partial charge < -0.3 is 10.2 Å². The number of amides is 3. The Bertz CT molecular complexity index is 1600. The quantitative estimate of drug-likeness (QED) is 0.182. The first-order valence-electron chi connectivity index (χ1n) is 13.0. The van der Waals surface area contributed by atoms with E-state index in [9.17, 15) is 37.7 Å². The Morgan fingerprint density at radius 2 is 1.72 bits per heavy atom. The number of nitro groups is 1. The van der Waals surface area contributed by atoms with Crippen LogP contribution in [0, 0.1) is 10.1 Å². The van der Waals surface area contributed by atoms with Crippen LogP contribution in [-0.4, -0.2) is 66.6 Å². The molecule has 0 aromatic heterocycles. The number of urea groups is 1. The van der Waals surface area contributed by atoms with E-state index in [0.29, 0.717) is 43.1 Å². The van der Waals surface area contributed by atoms with E-state index in [1.807, 2.05) is 9.80 Å². The van der Waals surface area contributed by atoms with E-state index in [0.717, 1.165) is 12.1 Å². The van der Waals surface area contributed by atoms with Crippen molar-refractivity contribution in [2.45, 2.75) is 6.18 Å². The molecule has 0 atom stereocenters. The molecule has 0 saturated carbocycles. The SMILES string of the molecule is O=C(N/N=C/c1ccc([N+](=O)[O-])cc1)Nc1ccc2c(c1)C(=O)C(=O)N2CN1CCN(c2cccc(C(F)(F)F)c2)CC1. The predicted molar refractivity (Wildman–Crippen MR) is 151 cm³/mol. The van der Waals surface area contributed by atoms with Crippen LogP contribution in [0.15, 0.2) is 71.8 Å². The molecule has 2 aliphatic heterocycles. The van der Waals surface area contributed by atoms with Gasteiger partial charge in [0, 0.05) is 49.7 Å². The average Bonchev–Trinajstić information content (AvgIpc) is 3.21. The lowest BCUT2D eigenvalue weighted by atomic mass is 10.1. The zero-order valence-electron chi connectivity index (χ0n) is 22.4. The number of nitro benzene ring substituents is 1. The number of carbonyl (C=O) groups excluding carboxylic acids is 3. The molecule has 0 radical (unpaired) electrons. The molecule has 12 nitrogen and oxygen atoms in total. The molecule has 3 aromatic carbocycles. The first-order chi connectivity index (χ1) is 20.5. The number of nitrogens with one attached hydrogen (secondary N) is 2. The third-order valence-electron chi connectivity index (χ3n) is 6.97. The van der Waals surface area contributed by atoms with Crippen LogP contribution in [0.2, 0.25) is 0 Å². The van der Waals surface area contributed by atoms with Crippen LogP contribution in [-0.2, 0) is 11.0 Å². The van der Waals surface area contributed by atoms with Crippen molar-refractivity contribution in [2.75, 3.05) is 48.0 Å². The van der Waals surface area contributed by atoms with Gasteiger partial charge in [0.15, 0.2) is 0 Å². The zero-order valence-corrected chi connectivity index (χ0v) is 22.4. The number of rotatable bonds is 7. The summed E-state index contributed by atoms with van der Waals surface area (Å²) < 4.78 is 39.3. The maximum absolute atomic E-state index is 13.1. The molecular weight excluding hydrogens is 571 g/mol. The number of Topliss-reactive ketones (excluding diaryl/α,β-unsaturated/α-hetero) is 1. The Balaban J connectivity index is 1.17. The van der Waals surface area contributed by atoms with Crippen LogP contribution in [0.3, 0.4) is 0 Å². The van der Waals surface area contributed by atoms with Crippen LogP contribution in [0.1, 0.15) is 21.5 Å². The highest BCUT2D eigenvalue weighted by Gasteiger charge is 2.37. The van der Waals surface area contributed by atoms with Gasteiger partial charge in [-0.2, -0.15) is 18.3 Å². The van der Waals surface area contributed by atoms with Crippen molar-refractivity contribution in [2.24, 2.45) is 5.10 Å². The van der Waals surface area contributed by atoms with E-state index >= 15 is 0 Å². The lowest BCUT2D eigenvalue weighted by molar-refractivity contribution is -0.384. The molecule has 15 heteroatoms. The van der Waals surface area contributed by atoms with Gasteiger partial charge in [-0.3, -0.25) is 29.5 Å². The first kappa shape index (κ1) is 29.2. The van der Waals surface area contributed by atoms with Gasteiger partial charge >= 0.3 is 18.1 Å². The molecule has 1 saturated heterocycles. The van der Waals surface area contributed by atoms with Gasteiger partial charge in [-0.25, -0.2) is 10.2 Å². The number of benzene rings is 3. The number of anilines is 3. The molecular formula is C28H24F3N7O5. The van der Waals surface area contributed by atoms with Gasteiger partial charge in [-0.15, -0.1) is 0 Å². The smallest absolute Gasteiger partial charge is 0.369 e. The Morgan fingerprint density at radius 3 is 2.40 bits per heavy atom. The van der Waals surface area contributed by atoms with Gasteiger partial charge in [0.1, 0.15) is 0 Å². The van der Waals surface area contributed by atoms with E-state index in [2.05, 4.69) is 15.8 Å². The monoisotopic (exact) mass is 595 g/mol. The number of piperazine rings is 1. The van der Waals surface area contributed by atoms with Crippen molar-refractivity contribution >= 4 is 46.7 Å². The maximum Gasteiger partial charge on any atom is 0.416 e. The normalized spacial score (nSPS) is 15.6. The molecule has 2 heterocycles. The highest BCUT2D eigenvalue weighted by atomic mass is 19.4. The van der Waals surface area contributed by atoms with E-state index in [1.165, 1.54) is 53.6 Å². The molecule has 3 amide bonds. The number of nitrogens with zero attached hydrogens (tertiary/aromatic N) is 5. The first-order valence-corrected chi connectivity index (χ1v) is 13.0. The minimum atomic E-state index is -4.43. The molecule has 2 aliphatic rings. The Morgan fingerprint density at radius 1 is 1.00 bits per heavy atom. The fourth-order valence-electron chi connectivity index (χ4n) is 4.75. The van der Waals surface area contributed by atoms with Gasteiger partial charge in [0.25, 0.3) is 11.5 Å². The number of hydrogen-bond donors (Lipinski definition) is 2. The van der Waals surface area contributed by atoms with Crippen LogP contribution < -0.4 is 20.5 Å². The molecule has 0 unspecified atom stereocenters. The average molecular weight is 596 g/mol. The Kier molecular flexibility index (Phi) is 8.07. The van der Waals surface area contributed by atoms with Crippen molar-refractivity contribution in [1.82, 2.24) is 10.3 Å². The molecule has 0 aliphatic carbocycles. The summed E-state index contributed by atoms with van der Waals surface area (Å²) in [6.07, 6.45) is -3.14. The van der Waals surface area contributed by atoms with Gasteiger partial charge in [-0.05, 0) is 54.1 Å². The third kappa shape index (κ3) is 6.62. The molecule has 2 N–H and O–H groups in total. The number of carbonyl (C=O) groups is 3. The van der Waals surface area contributed by atoms with Crippen molar-refractivity contribution < 1.29 is 32.5 Å². The second kappa shape index (κ2) is 11.9. The number of ketones is 1. The summed E-state index contributed by atoms with van der Waals surface area (Å²) >= 11 is 0. The van der Waals surface area contributed by atoms with E-state index < -0.39 is 34.4 Å². The topological polar surface area (TPSA) is 140 Å². The molecule has 0 bridgehead atoms. The largest absolute Gasteiger partial charge is 0.416 e. The standard InChI is InChI=1S/C28H24F3N7O5/c29-28(30,31)19-2-1-3-22(14-19)36-12-10-35(11-13-36)17-37-24-9-6-20(15-23(24)25(39)26(37)40)33-27(41)34-32-16-18-4-7-21(8-5-18)38(42)43/h1-9,14-16H,10-13,17H2,(H2,33,34,41)/b32-16+. The molecule has 3 aromatic rings. The number of hydrazone groups is 1. The van der Waals surface area contributed by atoms with Crippen LogP contribution in [0.4, 0.5) is 40.7 Å². The lowest BCUT2D eigenvalue weighted by Gasteiger charge is -2.37. The van der Waals surface area contributed by atoms with E-state index in [4.69, 9.17) is 0 Å². The summed E-state index contributed by atoms with van der Waals surface area (Å²) in [5.74, 6) is -1.44. The van der Waals surface area contributed by atoms with Crippen molar-refractivity contribution in [1.29, 1.82) is 0 Å². The lowest BCUT2D eigenvalue weighted by Crippen LogP contribution is -2.51. The fourth-order valence-corrected chi connectivity index (χ4v) is 4.75. The summed E-state index contributed by atoms with van der Waals surface area (Å²) in [6.45, 7) is 1.93. The fraction of sp³-hybridized carbons (Fsp3) is 0.214. The third-order valence-corrected chi connectivity index (χ3v) is 6.97. The summed E-state index contributed by atoms with van der Waals surface area (Å²) in [4.78, 5) is 53.1. The van der Waals surface area contributed by atoms with E-state index in [-0.39, 0.29) is 23.6 Å². The number of hydrogen-bond acceptors (Lipinski definition) is 8. The highest BCUT2D eigenvalue weighted by Crippen LogP contribution is 2.33. The minimum Gasteiger partial charge on any atom is -0.369 e. The van der Waals surface area contributed by atoms with Crippen molar-refractivity contribution in [3.05, 3.63) is 93.5 Å². The summed E-state index contributed by atoms with van der Waals surface area (Å²) in [6, 6.07) is 14.4. The van der Waals surface area contributed by atoms with Crippen molar-refractivity contribution in [3.8, 4) is 0 Å².